The van der Waals surface area contributed by atoms with Crippen LogP contribution >= 0.6 is 11.6 Å². The molecule has 1 aromatic heterocycles. The van der Waals surface area contributed by atoms with Crippen LogP contribution in [0.15, 0.2) is 73.1 Å². The van der Waals surface area contributed by atoms with E-state index in [1.165, 1.54) is 37.7 Å². The molecule has 0 saturated carbocycles. The Bertz CT molecular complexity index is 1640. The van der Waals surface area contributed by atoms with Crippen LogP contribution in [0.1, 0.15) is 31.2 Å². The molecule has 0 spiro atoms. The summed E-state index contributed by atoms with van der Waals surface area (Å²) in [6, 6.07) is 15.3. The lowest BCUT2D eigenvalue weighted by Gasteiger charge is -2.25. The summed E-state index contributed by atoms with van der Waals surface area (Å²) in [5.41, 5.74) is 2.78. The number of halogens is 2. The molecule has 10 heteroatoms. The second-order valence-electron chi connectivity index (χ2n) is 10.7. The second-order valence-corrected chi connectivity index (χ2v) is 11.1. The maximum atomic E-state index is 13.5. The van der Waals surface area contributed by atoms with Gasteiger partial charge >= 0.3 is 0 Å². The molecule has 2 aliphatic rings. The maximum absolute atomic E-state index is 13.5. The number of aromatic nitrogens is 2. The van der Waals surface area contributed by atoms with Crippen molar-refractivity contribution in [2.24, 2.45) is 0 Å². The highest BCUT2D eigenvalue weighted by Gasteiger charge is 2.23. The summed E-state index contributed by atoms with van der Waals surface area (Å²) < 4.78 is 25.3. The number of amides is 1. The monoisotopic (exact) mass is 601 g/mol. The molecule has 1 saturated heterocycles. The minimum atomic E-state index is -0.316. The normalized spacial score (nSPS) is 15.6. The number of anilines is 3. The Kier molecular flexibility index (Phi) is 9.00. The Morgan fingerprint density at radius 3 is 2.77 bits per heavy atom. The molecule has 3 heterocycles. The van der Waals surface area contributed by atoms with Gasteiger partial charge in [-0.15, -0.1) is 0 Å². The van der Waals surface area contributed by atoms with Gasteiger partial charge in [-0.3, -0.25) is 9.69 Å². The van der Waals surface area contributed by atoms with Crippen LogP contribution in [0.3, 0.4) is 0 Å². The summed E-state index contributed by atoms with van der Waals surface area (Å²) in [7, 11) is 0. The number of nitrogens with zero attached hydrogens (tertiary/aromatic N) is 4. The van der Waals surface area contributed by atoms with Crippen LogP contribution < -0.4 is 19.7 Å². The first-order valence-electron chi connectivity index (χ1n) is 14.6. The summed E-state index contributed by atoms with van der Waals surface area (Å²) in [4.78, 5) is 26.5. The van der Waals surface area contributed by atoms with E-state index in [-0.39, 0.29) is 18.3 Å². The van der Waals surface area contributed by atoms with Gasteiger partial charge in [-0.25, -0.2) is 14.4 Å². The molecule has 0 radical (unpaired) electrons. The van der Waals surface area contributed by atoms with Gasteiger partial charge in [0.2, 0.25) is 0 Å². The summed E-state index contributed by atoms with van der Waals surface area (Å²) in [5, 5.41) is 4.47. The first kappa shape index (κ1) is 28.9. The Morgan fingerprint density at radius 2 is 1.93 bits per heavy atom. The van der Waals surface area contributed by atoms with Crippen LogP contribution in [0.25, 0.3) is 10.9 Å². The predicted octanol–water partition coefficient (Wildman–Crippen LogP) is 6.90. The van der Waals surface area contributed by atoms with E-state index in [1.54, 1.807) is 35.2 Å². The zero-order chi connectivity index (χ0) is 29.6. The molecule has 43 heavy (non-hydrogen) atoms. The number of fused-ring (bicyclic) bond motifs is 2. The molecule has 8 nitrogen and oxygen atoms in total. The van der Waals surface area contributed by atoms with Gasteiger partial charge in [0.05, 0.1) is 22.8 Å². The lowest BCUT2D eigenvalue weighted by molar-refractivity contribution is -0.114. The Labute approximate surface area is 255 Å². The van der Waals surface area contributed by atoms with Crippen molar-refractivity contribution in [3.05, 3.63) is 89.5 Å². The Morgan fingerprint density at radius 1 is 1.05 bits per heavy atom. The van der Waals surface area contributed by atoms with Crippen LogP contribution in [0.5, 0.6) is 11.5 Å². The molecule has 1 N–H and O–H groups in total. The van der Waals surface area contributed by atoms with E-state index in [0.29, 0.717) is 57.9 Å². The number of carbonyl (C=O) groups is 1. The van der Waals surface area contributed by atoms with Crippen LogP contribution in [0, 0.1) is 5.82 Å². The molecular weight excluding hydrogens is 569 g/mol. The second kappa shape index (κ2) is 13.4. The molecule has 222 valence electrons. The third kappa shape index (κ3) is 7.06. The van der Waals surface area contributed by atoms with Crippen molar-refractivity contribution in [3.8, 4) is 11.5 Å². The lowest BCUT2D eigenvalue weighted by Crippen LogP contribution is -2.31. The number of nitrogens with one attached hydrogen (secondary N) is 1. The number of piperidine rings is 1. The molecule has 1 amide bonds. The van der Waals surface area contributed by atoms with Gasteiger partial charge in [0, 0.05) is 36.3 Å². The molecule has 0 atom stereocenters. The van der Waals surface area contributed by atoms with Crippen molar-refractivity contribution in [1.82, 2.24) is 14.9 Å². The van der Waals surface area contributed by atoms with Gasteiger partial charge in [0.15, 0.2) is 0 Å². The SMILES string of the molecule is O=C(/C=C/CN1CCCCC1)N1CCCOc2cc3ncnc(Nc4ccc(OCc5cccc(F)c5)c(Cl)c4)c3cc21. The zero-order valence-corrected chi connectivity index (χ0v) is 24.5. The van der Waals surface area contributed by atoms with Gasteiger partial charge < -0.3 is 19.7 Å². The molecule has 6 rings (SSSR count). The fraction of sp³-hybridized carbons (Fsp3) is 0.303. The maximum Gasteiger partial charge on any atom is 0.250 e. The number of hydrogen-bond donors (Lipinski definition) is 1. The number of carbonyl (C=O) groups excluding carboxylic acids is 1. The van der Waals surface area contributed by atoms with Crippen molar-refractivity contribution in [2.75, 3.05) is 43.0 Å². The fourth-order valence-corrected chi connectivity index (χ4v) is 5.64. The molecule has 1 fully saturated rings. The van der Waals surface area contributed by atoms with E-state index in [0.717, 1.165) is 31.4 Å². The number of likely N-dealkylation sites (tertiary alicyclic amines) is 1. The van der Waals surface area contributed by atoms with Crippen molar-refractivity contribution in [2.45, 2.75) is 32.3 Å². The van der Waals surface area contributed by atoms with Gasteiger partial charge in [-0.2, -0.15) is 0 Å². The highest BCUT2D eigenvalue weighted by atomic mass is 35.5. The van der Waals surface area contributed by atoms with Crippen LogP contribution in [0.2, 0.25) is 5.02 Å². The third-order valence-electron chi connectivity index (χ3n) is 7.61. The first-order valence-corrected chi connectivity index (χ1v) is 15.0. The van der Waals surface area contributed by atoms with E-state index in [4.69, 9.17) is 21.1 Å². The molecule has 3 aromatic carbocycles. The van der Waals surface area contributed by atoms with E-state index in [9.17, 15) is 9.18 Å². The van der Waals surface area contributed by atoms with Gasteiger partial charge in [-0.05, 0) is 74.3 Å². The average Bonchev–Trinajstić information content (AvgIpc) is 3.22. The van der Waals surface area contributed by atoms with Gasteiger partial charge in [0.25, 0.3) is 5.91 Å². The molecular formula is C33H33ClFN5O3. The summed E-state index contributed by atoms with van der Waals surface area (Å²) in [5.74, 6) is 1.28. The number of ether oxygens (including phenoxy) is 2. The van der Waals surface area contributed by atoms with Crippen LogP contribution in [-0.4, -0.2) is 53.6 Å². The highest BCUT2D eigenvalue weighted by Crippen LogP contribution is 2.38. The van der Waals surface area contributed by atoms with Crippen molar-refractivity contribution >= 4 is 45.6 Å². The molecule has 4 aromatic rings. The smallest absolute Gasteiger partial charge is 0.250 e. The van der Waals surface area contributed by atoms with E-state index in [1.807, 2.05) is 24.3 Å². The minimum Gasteiger partial charge on any atom is -0.491 e. The molecule has 0 bridgehead atoms. The van der Waals surface area contributed by atoms with Gasteiger partial charge in [-0.1, -0.05) is 36.2 Å². The van der Waals surface area contributed by atoms with Gasteiger partial charge in [0.1, 0.15) is 36.1 Å². The topological polar surface area (TPSA) is 79.8 Å². The number of rotatable bonds is 8. The van der Waals surface area contributed by atoms with E-state index in [2.05, 4.69) is 20.2 Å². The molecule has 2 aliphatic heterocycles. The van der Waals surface area contributed by atoms with Crippen LogP contribution in [-0.2, 0) is 11.4 Å². The number of benzene rings is 3. The van der Waals surface area contributed by atoms with Crippen molar-refractivity contribution in [3.63, 3.8) is 0 Å². The van der Waals surface area contributed by atoms with E-state index < -0.39 is 0 Å². The fourth-order valence-electron chi connectivity index (χ4n) is 5.41. The van der Waals surface area contributed by atoms with Crippen molar-refractivity contribution in [1.29, 1.82) is 0 Å². The lowest BCUT2D eigenvalue weighted by atomic mass is 10.1. The summed E-state index contributed by atoms with van der Waals surface area (Å²) >= 11 is 6.53. The Hall–Kier alpha value is -4.21. The Balaban J connectivity index is 1.21. The van der Waals surface area contributed by atoms with E-state index >= 15 is 0 Å². The minimum absolute atomic E-state index is 0.0740. The molecule has 0 unspecified atom stereocenters. The predicted molar refractivity (Wildman–Crippen MR) is 167 cm³/mol. The first-order chi connectivity index (χ1) is 21.0. The summed E-state index contributed by atoms with van der Waals surface area (Å²) in [6.07, 6.45) is 9.55. The summed E-state index contributed by atoms with van der Waals surface area (Å²) in [6.45, 7) is 4.19. The molecule has 0 aliphatic carbocycles. The largest absolute Gasteiger partial charge is 0.491 e. The quantitative estimate of drug-likeness (QED) is 0.220. The number of hydrogen-bond acceptors (Lipinski definition) is 7. The highest BCUT2D eigenvalue weighted by molar-refractivity contribution is 6.32. The van der Waals surface area contributed by atoms with Crippen molar-refractivity contribution < 1.29 is 18.7 Å². The third-order valence-corrected chi connectivity index (χ3v) is 7.90. The standard InChI is InChI=1S/C33H33ClFN5O3/c34-27-18-25(10-11-30(27)43-21-23-7-4-8-24(35)17-23)38-33-26-19-29-31(20-28(26)36-22-37-33)42-16-6-15-40(29)32(41)9-5-14-39-12-2-1-3-13-39/h4-5,7-11,17-20,22H,1-3,6,12-16,21H2,(H,36,37,38)/b9-5+. The zero-order valence-electron chi connectivity index (χ0n) is 23.8. The van der Waals surface area contributed by atoms with Crippen LogP contribution in [0.4, 0.5) is 21.6 Å². The average molecular weight is 602 g/mol.